The largest absolute Gasteiger partial charge is 0.496 e. The molecular weight excluding hydrogens is 264 g/mol. The van der Waals surface area contributed by atoms with Crippen LogP contribution in [0.4, 0.5) is 0 Å². The Balaban J connectivity index is 2.07. The number of methoxy groups -OCH3 is 2. The Morgan fingerprint density at radius 3 is 2.20 bits per heavy atom. The van der Waals surface area contributed by atoms with E-state index in [1.807, 2.05) is 0 Å². The number of furan rings is 1. The van der Waals surface area contributed by atoms with Crippen LogP contribution in [0.5, 0.6) is 17.2 Å². The molecule has 0 spiro atoms. The highest BCUT2D eigenvalue weighted by Crippen LogP contribution is 2.28. The highest BCUT2D eigenvalue weighted by atomic mass is 16.5. The van der Waals surface area contributed by atoms with Crippen LogP contribution in [0.3, 0.4) is 0 Å². The van der Waals surface area contributed by atoms with Crippen LogP contribution in [0, 0.1) is 0 Å². The van der Waals surface area contributed by atoms with E-state index in [-0.39, 0.29) is 12.4 Å². The monoisotopic (exact) mass is 278 g/mol. The van der Waals surface area contributed by atoms with Crippen LogP contribution in [0.2, 0.25) is 0 Å². The SMILES string of the molecule is COc1cc(OC)cc(OCc2ccc(C(=O)O)o2)c1. The first-order valence-electron chi connectivity index (χ1n) is 5.80. The zero-order chi connectivity index (χ0) is 14.5. The summed E-state index contributed by atoms with van der Waals surface area (Å²) in [6.07, 6.45) is 0. The van der Waals surface area contributed by atoms with Crippen molar-refractivity contribution in [3.8, 4) is 17.2 Å². The Kier molecular flexibility index (Phi) is 4.14. The van der Waals surface area contributed by atoms with E-state index in [4.69, 9.17) is 23.7 Å². The van der Waals surface area contributed by atoms with Crippen LogP contribution < -0.4 is 14.2 Å². The second-order valence-electron chi connectivity index (χ2n) is 3.91. The molecule has 0 bridgehead atoms. The first-order chi connectivity index (χ1) is 9.62. The number of carboxylic acids is 1. The van der Waals surface area contributed by atoms with Gasteiger partial charge in [0.25, 0.3) is 0 Å². The predicted octanol–water partition coefficient (Wildman–Crippen LogP) is 2.57. The summed E-state index contributed by atoms with van der Waals surface area (Å²) in [5, 5.41) is 8.75. The average molecular weight is 278 g/mol. The number of ether oxygens (including phenoxy) is 3. The molecule has 6 heteroatoms. The van der Waals surface area contributed by atoms with E-state index in [2.05, 4.69) is 0 Å². The van der Waals surface area contributed by atoms with E-state index in [0.717, 1.165) is 0 Å². The number of benzene rings is 1. The molecular formula is C14H14O6. The van der Waals surface area contributed by atoms with Crippen LogP contribution in [0.25, 0.3) is 0 Å². The second kappa shape index (κ2) is 6.01. The molecule has 0 aliphatic rings. The zero-order valence-electron chi connectivity index (χ0n) is 11.1. The third-order valence-corrected chi connectivity index (χ3v) is 2.58. The number of hydrogen-bond donors (Lipinski definition) is 1. The third kappa shape index (κ3) is 3.23. The summed E-state index contributed by atoms with van der Waals surface area (Å²) >= 11 is 0. The van der Waals surface area contributed by atoms with Crippen molar-refractivity contribution in [2.24, 2.45) is 0 Å². The zero-order valence-corrected chi connectivity index (χ0v) is 11.1. The van der Waals surface area contributed by atoms with Crippen LogP contribution >= 0.6 is 0 Å². The number of carbonyl (C=O) groups is 1. The molecule has 1 aromatic carbocycles. The van der Waals surface area contributed by atoms with Gasteiger partial charge in [0.2, 0.25) is 5.76 Å². The van der Waals surface area contributed by atoms with Gasteiger partial charge in [-0.1, -0.05) is 0 Å². The van der Waals surface area contributed by atoms with Gasteiger partial charge in [0.05, 0.1) is 14.2 Å². The smallest absolute Gasteiger partial charge is 0.371 e. The topological polar surface area (TPSA) is 78.1 Å². The minimum Gasteiger partial charge on any atom is -0.496 e. The van der Waals surface area contributed by atoms with Crippen molar-refractivity contribution >= 4 is 5.97 Å². The lowest BCUT2D eigenvalue weighted by Gasteiger charge is -2.09. The second-order valence-corrected chi connectivity index (χ2v) is 3.91. The van der Waals surface area contributed by atoms with Crippen molar-refractivity contribution in [2.75, 3.05) is 14.2 Å². The van der Waals surface area contributed by atoms with Crippen molar-refractivity contribution in [3.63, 3.8) is 0 Å². The van der Waals surface area contributed by atoms with Crippen LogP contribution in [-0.2, 0) is 6.61 Å². The molecule has 0 radical (unpaired) electrons. The van der Waals surface area contributed by atoms with Gasteiger partial charge in [-0.25, -0.2) is 4.79 Å². The molecule has 1 N–H and O–H groups in total. The van der Waals surface area contributed by atoms with Crippen molar-refractivity contribution in [1.82, 2.24) is 0 Å². The Morgan fingerprint density at radius 2 is 1.70 bits per heavy atom. The first kappa shape index (κ1) is 13.8. The molecule has 106 valence electrons. The molecule has 0 atom stereocenters. The predicted molar refractivity (Wildman–Crippen MR) is 69.5 cm³/mol. The van der Waals surface area contributed by atoms with E-state index in [1.165, 1.54) is 6.07 Å². The first-order valence-corrected chi connectivity index (χ1v) is 5.80. The number of hydrogen-bond acceptors (Lipinski definition) is 5. The maximum atomic E-state index is 10.7. The van der Waals surface area contributed by atoms with Crippen molar-refractivity contribution in [1.29, 1.82) is 0 Å². The van der Waals surface area contributed by atoms with E-state index >= 15 is 0 Å². The summed E-state index contributed by atoms with van der Waals surface area (Å²) in [4.78, 5) is 10.7. The van der Waals surface area contributed by atoms with E-state index < -0.39 is 5.97 Å². The van der Waals surface area contributed by atoms with Gasteiger partial charge in [0.1, 0.15) is 29.6 Å². The Labute approximate surface area is 115 Å². The average Bonchev–Trinajstić information content (AvgIpc) is 2.93. The maximum absolute atomic E-state index is 10.7. The minimum atomic E-state index is -1.11. The maximum Gasteiger partial charge on any atom is 0.371 e. The van der Waals surface area contributed by atoms with Gasteiger partial charge < -0.3 is 23.7 Å². The molecule has 6 nitrogen and oxygen atoms in total. The quantitative estimate of drug-likeness (QED) is 0.875. The molecule has 0 aliphatic heterocycles. The summed E-state index contributed by atoms with van der Waals surface area (Å²) in [5.74, 6) is 0.930. The number of rotatable bonds is 6. The normalized spacial score (nSPS) is 10.1. The fourth-order valence-electron chi connectivity index (χ4n) is 1.59. The fourth-order valence-corrected chi connectivity index (χ4v) is 1.59. The van der Waals surface area contributed by atoms with Crippen LogP contribution in [-0.4, -0.2) is 25.3 Å². The van der Waals surface area contributed by atoms with Gasteiger partial charge in [-0.05, 0) is 12.1 Å². The molecule has 1 heterocycles. The molecule has 0 saturated carbocycles. The summed E-state index contributed by atoms with van der Waals surface area (Å²) < 4.78 is 20.9. The van der Waals surface area contributed by atoms with Gasteiger partial charge in [-0.2, -0.15) is 0 Å². The van der Waals surface area contributed by atoms with E-state index in [0.29, 0.717) is 23.0 Å². The highest BCUT2D eigenvalue weighted by molar-refractivity contribution is 5.84. The van der Waals surface area contributed by atoms with Gasteiger partial charge in [0, 0.05) is 18.2 Å². The lowest BCUT2D eigenvalue weighted by molar-refractivity contribution is 0.0658. The summed E-state index contributed by atoms with van der Waals surface area (Å²) in [6, 6.07) is 8.06. The minimum absolute atomic E-state index is 0.115. The third-order valence-electron chi connectivity index (χ3n) is 2.58. The van der Waals surface area contributed by atoms with E-state index in [9.17, 15) is 4.79 Å². The van der Waals surface area contributed by atoms with Crippen LogP contribution in [0.1, 0.15) is 16.3 Å². The Hall–Kier alpha value is -2.63. The molecule has 0 fully saturated rings. The number of carboxylic acid groups (broad SMARTS) is 1. The molecule has 2 aromatic rings. The van der Waals surface area contributed by atoms with Crippen molar-refractivity contribution in [3.05, 3.63) is 41.9 Å². The summed E-state index contributed by atoms with van der Waals surface area (Å²) in [5.41, 5.74) is 0. The molecule has 0 amide bonds. The molecule has 1 aromatic heterocycles. The molecule has 2 rings (SSSR count). The Bertz CT molecular complexity index is 579. The molecule has 0 saturated heterocycles. The van der Waals surface area contributed by atoms with Gasteiger partial charge in [-0.15, -0.1) is 0 Å². The highest BCUT2D eigenvalue weighted by Gasteiger charge is 2.10. The van der Waals surface area contributed by atoms with E-state index in [1.54, 1.807) is 38.5 Å². The van der Waals surface area contributed by atoms with Crippen molar-refractivity contribution < 1.29 is 28.5 Å². The van der Waals surface area contributed by atoms with Gasteiger partial charge in [-0.3, -0.25) is 0 Å². The lowest BCUT2D eigenvalue weighted by Crippen LogP contribution is -1.96. The van der Waals surface area contributed by atoms with Crippen molar-refractivity contribution in [2.45, 2.75) is 6.61 Å². The number of aromatic carboxylic acids is 1. The molecule has 20 heavy (non-hydrogen) atoms. The molecule has 0 unspecified atom stereocenters. The van der Waals surface area contributed by atoms with Gasteiger partial charge >= 0.3 is 5.97 Å². The fraction of sp³-hybridized carbons (Fsp3) is 0.214. The summed E-state index contributed by atoms with van der Waals surface area (Å²) in [7, 11) is 3.09. The summed E-state index contributed by atoms with van der Waals surface area (Å²) in [6.45, 7) is 0.115. The van der Waals surface area contributed by atoms with Gasteiger partial charge in [0.15, 0.2) is 0 Å². The Morgan fingerprint density at radius 1 is 1.10 bits per heavy atom. The standard InChI is InChI=1S/C14H14O6/c1-17-10-5-11(18-2)7-12(6-10)19-8-9-3-4-13(20-9)14(15)16/h3-7H,8H2,1-2H3,(H,15,16). The molecule has 0 aliphatic carbocycles. The lowest BCUT2D eigenvalue weighted by atomic mass is 10.3. The van der Waals surface area contributed by atoms with Crippen LogP contribution in [0.15, 0.2) is 34.7 Å².